The van der Waals surface area contributed by atoms with Gasteiger partial charge < -0.3 is 10.5 Å². The van der Waals surface area contributed by atoms with Crippen molar-refractivity contribution in [3.63, 3.8) is 0 Å². The fourth-order valence-corrected chi connectivity index (χ4v) is 2.66. The van der Waals surface area contributed by atoms with Crippen LogP contribution in [0.5, 0.6) is 5.75 Å². The van der Waals surface area contributed by atoms with E-state index < -0.39 is 6.36 Å². The number of benzene rings is 1. The Bertz CT molecular complexity index is 396. The second kappa shape index (κ2) is 5.82. The van der Waals surface area contributed by atoms with Gasteiger partial charge in [-0.3, -0.25) is 0 Å². The number of ether oxygens (including phenoxy) is 1. The second-order valence-corrected chi connectivity index (χ2v) is 5.04. The quantitative estimate of drug-likeness (QED) is 0.897. The molecule has 0 amide bonds. The average molecular weight is 273 g/mol. The minimum absolute atomic E-state index is 0.0970. The summed E-state index contributed by atoms with van der Waals surface area (Å²) >= 11 is 0. The third-order valence-corrected chi connectivity index (χ3v) is 3.66. The highest BCUT2D eigenvalue weighted by Crippen LogP contribution is 2.33. The molecule has 1 aromatic rings. The molecule has 0 spiro atoms. The van der Waals surface area contributed by atoms with E-state index in [1.807, 2.05) is 0 Å². The Morgan fingerprint density at radius 3 is 2.16 bits per heavy atom. The first-order valence-electron chi connectivity index (χ1n) is 6.57. The van der Waals surface area contributed by atoms with Crippen LogP contribution < -0.4 is 10.5 Å². The van der Waals surface area contributed by atoms with Crippen LogP contribution in [0.15, 0.2) is 24.3 Å². The molecule has 0 heterocycles. The molecule has 0 bridgehead atoms. The lowest BCUT2D eigenvalue weighted by molar-refractivity contribution is -0.274. The highest BCUT2D eigenvalue weighted by atomic mass is 19.4. The van der Waals surface area contributed by atoms with Gasteiger partial charge in [0.2, 0.25) is 0 Å². The van der Waals surface area contributed by atoms with Gasteiger partial charge in [-0.25, -0.2) is 0 Å². The fraction of sp³-hybridized carbons (Fsp3) is 0.571. The van der Waals surface area contributed by atoms with E-state index in [0.717, 1.165) is 18.4 Å². The smallest absolute Gasteiger partial charge is 0.406 e. The standard InChI is InChI=1S/C14H18F3NO/c15-14(16,17)19-12-8-6-11(7-9-12)13(18)10-4-2-1-3-5-10/h6-10,13H,1-5,18H2/t13-/m1/s1. The maximum Gasteiger partial charge on any atom is 0.573 e. The molecule has 1 atom stereocenters. The molecule has 106 valence electrons. The zero-order chi connectivity index (χ0) is 13.9. The molecule has 2 N–H and O–H groups in total. The maximum atomic E-state index is 12.0. The predicted molar refractivity (Wildman–Crippen MR) is 66.6 cm³/mol. The van der Waals surface area contributed by atoms with Crippen molar-refractivity contribution in [3.8, 4) is 5.75 Å². The SMILES string of the molecule is N[C@@H](c1ccc(OC(F)(F)F)cc1)C1CCCCC1. The van der Waals surface area contributed by atoms with Gasteiger partial charge in [0.1, 0.15) is 5.75 Å². The van der Waals surface area contributed by atoms with Gasteiger partial charge in [-0.2, -0.15) is 0 Å². The lowest BCUT2D eigenvalue weighted by Crippen LogP contribution is -2.23. The number of nitrogens with two attached hydrogens (primary N) is 1. The van der Waals surface area contributed by atoms with E-state index in [2.05, 4.69) is 4.74 Å². The molecular formula is C14H18F3NO. The Morgan fingerprint density at radius 2 is 1.63 bits per heavy atom. The second-order valence-electron chi connectivity index (χ2n) is 5.04. The zero-order valence-corrected chi connectivity index (χ0v) is 10.6. The molecule has 0 saturated heterocycles. The summed E-state index contributed by atoms with van der Waals surface area (Å²) in [5, 5.41) is 0. The monoisotopic (exact) mass is 273 g/mol. The number of hydrogen-bond donors (Lipinski definition) is 1. The molecule has 1 saturated carbocycles. The van der Waals surface area contributed by atoms with E-state index in [-0.39, 0.29) is 11.8 Å². The van der Waals surface area contributed by atoms with Gasteiger partial charge in [0, 0.05) is 6.04 Å². The first-order chi connectivity index (χ1) is 8.96. The molecule has 1 aromatic carbocycles. The summed E-state index contributed by atoms with van der Waals surface area (Å²) in [6, 6.07) is 5.80. The Hall–Kier alpha value is -1.23. The van der Waals surface area contributed by atoms with Crippen LogP contribution in [0.25, 0.3) is 0 Å². The topological polar surface area (TPSA) is 35.2 Å². The van der Waals surface area contributed by atoms with Crippen LogP contribution >= 0.6 is 0 Å². The minimum atomic E-state index is -4.65. The number of rotatable bonds is 3. The van der Waals surface area contributed by atoms with Crippen molar-refractivity contribution in [1.82, 2.24) is 0 Å². The van der Waals surface area contributed by atoms with E-state index in [1.54, 1.807) is 12.1 Å². The van der Waals surface area contributed by atoms with Crippen LogP contribution in [0.3, 0.4) is 0 Å². The molecular weight excluding hydrogens is 255 g/mol. The summed E-state index contributed by atoms with van der Waals surface area (Å²) in [4.78, 5) is 0. The Kier molecular flexibility index (Phi) is 4.34. The predicted octanol–water partition coefficient (Wildman–Crippen LogP) is 4.17. The lowest BCUT2D eigenvalue weighted by atomic mass is 9.81. The van der Waals surface area contributed by atoms with Crippen molar-refractivity contribution >= 4 is 0 Å². The van der Waals surface area contributed by atoms with Gasteiger partial charge in [0.05, 0.1) is 0 Å². The van der Waals surface area contributed by atoms with Crippen molar-refractivity contribution in [3.05, 3.63) is 29.8 Å². The maximum absolute atomic E-state index is 12.0. The highest BCUT2D eigenvalue weighted by Gasteiger charge is 2.31. The fourth-order valence-electron chi connectivity index (χ4n) is 2.66. The largest absolute Gasteiger partial charge is 0.573 e. The Labute approximate surface area is 110 Å². The molecule has 19 heavy (non-hydrogen) atoms. The molecule has 1 fully saturated rings. The molecule has 1 aliphatic carbocycles. The van der Waals surface area contributed by atoms with Crippen LogP contribution in [0, 0.1) is 5.92 Å². The zero-order valence-electron chi connectivity index (χ0n) is 10.6. The van der Waals surface area contributed by atoms with E-state index in [4.69, 9.17) is 5.73 Å². The summed E-state index contributed by atoms with van der Waals surface area (Å²) in [5.74, 6) is 0.232. The van der Waals surface area contributed by atoms with Crippen molar-refractivity contribution < 1.29 is 17.9 Å². The van der Waals surface area contributed by atoms with E-state index in [1.165, 1.54) is 31.4 Å². The summed E-state index contributed by atoms with van der Waals surface area (Å²) < 4.78 is 40.0. The first-order valence-corrected chi connectivity index (χ1v) is 6.57. The lowest BCUT2D eigenvalue weighted by Gasteiger charge is -2.27. The third-order valence-electron chi connectivity index (χ3n) is 3.66. The van der Waals surface area contributed by atoms with Gasteiger partial charge in [0.25, 0.3) is 0 Å². The number of halogens is 3. The summed E-state index contributed by atoms with van der Waals surface area (Å²) in [6.07, 6.45) is 1.18. The van der Waals surface area contributed by atoms with Crippen molar-refractivity contribution in [2.24, 2.45) is 11.7 Å². The molecule has 0 unspecified atom stereocenters. The van der Waals surface area contributed by atoms with Crippen LogP contribution in [-0.4, -0.2) is 6.36 Å². The van der Waals surface area contributed by atoms with Gasteiger partial charge >= 0.3 is 6.36 Å². The van der Waals surface area contributed by atoms with Crippen LogP contribution in [-0.2, 0) is 0 Å². The number of alkyl halides is 3. The highest BCUT2D eigenvalue weighted by molar-refractivity contribution is 5.29. The molecule has 0 aromatic heterocycles. The average Bonchev–Trinajstić information content (AvgIpc) is 2.38. The van der Waals surface area contributed by atoms with Crippen molar-refractivity contribution in [2.45, 2.75) is 44.5 Å². The molecule has 2 nitrogen and oxygen atoms in total. The molecule has 2 rings (SSSR count). The Balaban J connectivity index is 2.01. The summed E-state index contributed by atoms with van der Waals surface area (Å²) in [6.45, 7) is 0. The summed E-state index contributed by atoms with van der Waals surface area (Å²) in [7, 11) is 0. The third kappa shape index (κ3) is 4.13. The van der Waals surface area contributed by atoms with Gasteiger partial charge in [-0.05, 0) is 36.5 Å². The number of hydrogen-bond acceptors (Lipinski definition) is 2. The van der Waals surface area contributed by atoms with Gasteiger partial charge in [0.15, 0.2) is 0 Å². The Morgan fingerprint density at radius 1 is 1.05 bits per heavy atom. The van der Waals surface area contributed by atoms with Crippen LogP contribution in [0.2, 0.25) is 0 Å². The van der Waals surface area contributed by atoms with Gasteiger partial charge in [-0.15, -0.1) is 13.2 Å². The van der Waals surface area contributed by atoms with Crippen molar-refractivity contribution in [1.29, 1.82) is 0 Å². The molecule has 1 aliphatic rings. The minimum Gasteiger partial charge on any atom is -0.406 e. The van der Waals surface area contributed by atoms with E-state index >= 15 is 0 Å². The normalized spacial score (nSPS) is 19.2. The molecule has 0 radical (unpaired) electrons. The molecule has 5 heteroatoms. The molecule has 0 aliphatic heterocycles. The van der Waals surface area contributed by atoms with E-state index in [9.17, 15) is 13.2 Å². The van der Waals surface area contributed by atoms with Crippen LogP contribution in [0.4, 0.5) is 13.2 Å². The first kappa shape index (κ1) is 14.2. The van der Waals surface area contributed by atoms with Crippen molar-refractivity contribution in [2.75, 3.05) is 0 Å². The summed E-state index contributed by atoms with van der Waals surface area (Å²) in [5.41, 5.74) is 7.06. The van der Waals surface area contributed by atoms with Crippen LogP contribution in [0.1, 0.15) is 43.7 Å². The van der Waals surface area contributed by atoms with E-state index in [0.29, 0.717) is 5.92 Å². The van der Waals surface area contributed by atoms with Gasteiger partial charge in [-0.1, -0.05) is 31.4 Å².